The van der Waals surface area contributed by atoms with Crippen molar-refractivity contribution in [2.24, 2.45) is 11.8 Å². The molecule has 3 unspecified atom stereocenters. The SMILES string of the molecule is N#CC1CNCCN1C(=O)C1CCCCC1C(F)(F)F. The minimum absolute atomic E-state index is 0.0171. The van der Waals surface area contributed by atoms with Crippen LogP contribution in [0.1, 0.15) is 25.7 Å². The third kappa shape index (κ3) is 3.06. The molecule has 1 amide bonds. The molecule has 3 atom stereocenters. The number of hydrogen-bond acceptors (Lipinski definition) is 3. The van der Waals surface area contributed by atoms with Gasteiger partial charge in [-0.05, 0) is 12.8 Å². The van der Waals surface area contributed by atoms with Crippen molar-refractivity contribution >= 4 is 5.91 Å². The molecule has 2 fully saturated rings. The minimum atomic E-state index is -4.34. The topological polar surface area (TPSA) is 56.1 Å². The second kappa shape index (κ2) is 6.00. The largest absolute Gasteiger partial charge is 0.392 e. The molecule has 1 heterocycles. The second-order valence-electron chi connectivity index (χ2n) is 5.42. The molecule has 0 bridgehead atoms. The van der Waals surface area contributed by atoms with E-state index in [2.05, 4.69) is 5.32 Å². The first-order chi connectivity index (χ1) is 9.45. The third-order valence-corrected chi connectivity index (χ3v) is 4.18. The predicted molar refractivity (Wildman–Crippen MR) is 65.5 cm³/mol. The van der Waals surface area contributed by atoms with Crippen molar-refractivity contribution in [1.82, 2.24) is 10.2 Å². The summed E-state index contributed by atoms with van der Waals surface area (Å²) in [6.07, 6.45) is -2.89. The molecule has 0 radical (unpaired) electrons. The summed E-state index contributed by atoms with van der Waals surface area (Å²) in [4.78, 5) is 13.8. The highest BCUT2D eigenvalue weighted by molar-refractivity contribution is 5.80. The molecule has 1 N–H and O–H groups in total. The fourth-order valence-electron chi connectivity index (χ4n) is 3.11. The molecule has 1 aliphatic heterocycles. The number of carbonyl (C=O) groups excluding carboxylic acids is 1. The molecule has 0 aromatic heterocycles. The highest BCUT2D eigenvalue weighted by Gasteiger charge is 2.49. The van der Waals surface area contributed by atoms with Crippen LogP contribution in [0.15, 0.2) is 0 Å². The highest BCUT2D eigenvalue weighted by Crippen LogP contribution is 2.42. The lowest BCUT2D eigenvalue weighted by molar-refractivity contribution is -0.201. The Morgan fingerprint density at radius 3 is 2.65 bits per heavy atom. The molecule has 1 saturated carbocycles. The Kier molecular flexibility index (Phi) is 4.53. The standard InChI is InChI=1S/C13H18F3N3O/c14-13(15,16)11-4-2-1-3-10(11)12(20)19-6-5-18-8-9(19)7-17/h9-11,18H,1-6,8H2. The zero-order valence-corrected chi connectivity index (χ0v) is 11.1. The Balaban J connectivity index is 2.15. The van der Waals surface area contributed by atoms with Crippen LogP contribution in [-0.2, 0) is 4.79 Å². The van der Waals surface area contributed by atoms with Gasteiger partial charge in [0.2, 0.25) is 5.91 Å². The maximum Gasteiger partial charge on any atom is 0.392 e. The summed E-state index contributed by atoms with van der Waals surface area (Å²) in [5.41, 5.74) is 0. The molecule has 2 rings (SSSR count). The maximum absolute atomic E-state index is 13.0. The Morgan fingerprint density at radius 2 is 2.00 bits per heavy atom. The van der Waals surface area contributed by atoms with Crippen molar-refractivity contribution in [3.8, 4) is 6.07 Å². The number of piperazine rings is 1. The normalized spacial score (nSPS) is 31.7. The van der Waals surface area contributed by atoms with Gasteiger partial charge in [-0.1, -0.05) is 12.8 Å². The molecule has 0 aromatic rings. The number of nitriles is 1. The molecule has 4 nitrogen and oxygen atoms in total. The van der Waals surface area contributed by atoms with Crippen LogP contribution < -0.4 is 5.32 Å². The molecular weight excluding hydrogens is 271 g/mol. The Morgan fingerprint density at radius 1 is 1.30 bits per heavy atom. The highest BCUT2D eigenvalue weighted by atomic mass is 19.4. The van der Waals surface area contributed by atoms with Gasteiger partial charge < -0.3 is 10.2 Å². The summed E-state index contributed by atoms with van der Waals surface area (Å²) in [6, 6.07) is 1.33. The molecule has 0 aromatic carbocycles. The van der Waals surface area contributed by atoms with Gasteiger partial charge in [0, 0.05) is 25.6 Å². The first kappa shape index (κ1) is 15.1. The molecule has 1 aliphatic carbocycles. The number of nitrogens with zero attached hydrogens (tertiary/aromatic N) is 2. The summed E-state index contributed by atoms with van der Waals surface area (Å²) < 4.78 is 39.1. The van der Waals surface area contributed by atoms with Crippen LogP contribution in [0.5, 0.6) is 0 Å². The zero-order chi connectivity index (χ0) is 14.8. The minimum Gasteiger partial charge on any atom is -0.324 e. The van der Waals surface area contributed by atoms with Crippen LogP contribution in [0.3, 0.4) is 0 Å². The van der Waals surface area contributed by atoms with Gasteiger partial charge in [-0.3, -0.25) is 4.79 Å². The Hall–Kier alpha value is -1.29. The van der Waals surface area contributed by atoms with E-state index in [1.807, 2.05) is 6.07 Å². The van der Waals surface area contributed by atoms with E-state index in [4.69, 9.17) is 5.26 Å². The van der Waals surface area contributed by atoms with E-state index in [0.29, 0.717) is 32.5 Å². The van der Waals surface area contributed by atoms with E-state index < -0.39 is 30.0 Å². The van der Waals surface area contributed by atoms with E-state index in [9.17, 15) is 18.0 Å². The van der Waals surface area contributed by atoms with Gasteiger partial charge in [0.15, 0.2) is 0 Å². The van der Waals surface area contributed by atoms with Crippen molar-refractivity contribution in [2.75, 3.05) is 19.6 Å². The first-order valence-electron chi connectivity index (χ1n) is 6.92. The smallest absolute Gasteiger partial charge is 0.324 e. The molecule has 112 valence electrons. The number of halogens is 3. The lowest BCUT2D eigenvalue weighted by Gasteiger charge is -2.39. The van der Waals surface area contributed by atoms with E-state index >= 15 is 0 Å². The average Bonchev–Trinajstić information content (AvgIpc) is 2.45. The van der Waals surface area contributed by atoms with Gasteiger partial charge >= 0.3 is 6.18 Å². The molecule has 0 spiro atoms. The summed E-state index contributed by atoms with van der Waals surface area (Å²) >= 11 is 0. The van der Waals surface area contributed by atoms with Crippen molar-refractivity contribution in [2.45, 2.75) is 37.9 Å². The lowest BCUT2D eigenvalue weighted by atomic mass is 9.77. The van der Waals surface area contributed by atoms with Crippen LogP contribution in [0.25, 0.3) is 0 Å². The average molecular weight is 289 g/mol. The van der Waals surface area contributed by atoms with Gasteiger partial charge in [0.1, 0.15) is 6.04 Å². The van der Waals surface area contributed by atoms with Crippen LogP contribution in [-0.4, -0.2) is 42.7 Å². The van der Waals surface area contributed by atoms with Gasteiger partial charge in [0.05, 0.1) is 12.0 Å². The van der Waals surface area contributed by atoms with Gasteiger partial charge in [-0.25, -0.2) is 0 Å². The van der Waals surface area contributed by atoms with Crippen LogP contribution >= 0.6 is 0 Å². The number of hydrogen-bond donors (Lipinski definition) is 1. The van der Waals surface area contributed by atoms with Crippen molar-refractivity contribution in [3.63, 3.8) is 0 Å². The fraction of sp³-hybridized carbons (Fsp3) is 0.846. The molecular formula is C13H18F3N3O. The molecule has 20 heavy (non-hydrogen) atoms. The first-order valence-corrected chi connectivity index (χ1v) is 6.92. The zero-order valence-electron chi connectivity index (χ0n) is 11.1. The number of amides is 1. The van der Waals surface area contributed by atoms with Gasteiger partial charge in [-0.15, -0.1) is 0 Å². The van der Waals surface area contributed by atoms with Crippen molar-refractivity contribution in [1.29, 1.82) is 5.26 Å². The summed E-state index contributed by atoms with van der Waals surface area (Å²) in [6.45, 7) is 1.15. The van der Waals surface area contributed by atoms with Crippen LogP contribution in [0.4, 0.5) is 13.2 Å². The van der Waals surface area contributed by atoms with Crippen molar-refractivity contribution in [3.05, 3.63) is 0 Å². The third-order valence-electron chi connectivity index (χ3n) is 4.18. The summed E-state index contributed by atoms with van der Waals surface area (Å²) in [5, 5.41) is 12.0. The van der Waals surface area contributed by atoms with Crippen LogP contribution in [0, 0.1) is 23.2 Å². The number of nitrogens with one attached hydrogen (secondary N) is 1. The van der Waals surface area contributed by atoms with Gasteiger partial charge in [0.25, 0.3) is 0 Å². The number of rotatable bonds is 1. The molecule has 1 saturated heterocycles. The lowest BCUT2D eigenvalue weighted by Crippen LogP contribution is -2.56. The van der Waals surface area contributed by atoms with E-state index in [1.165, 1.54) is 4.90 Å². The Labute approximate surface area is 115 Å². The summed E-state index contributed by atoms with van der Waals surface area (Å²) in [7, 11) is 0. The van der Waals surface area contributed by atoms with E-state index in [0.717, 1.165) is 0 Å². The van der Waals surface area contributed by atoms with E-state index in [1.54, 1.807) is 0 Å². The monoisotopic (exact) mass is 289 g/mol. The number of carbonyl (C=O) groups is 1. The second-order valence-corrected chi connectivity index (χ2v) is 5.42. The predicted octanol–water partition coefficient (Wildman–Crippen LogP) is 1.68. The van der Waals surface area contributed by atoms with E-state index in [-0.39, 0.29) is 12.8 Å². The maximum atomic E-state index is 13.0. The molecule has 2 aliphatic rings. The van der Waals surface area contributed by atoms with Crippen LogP contribution in [0.2, 0.25) is 0 Å². The van der Waals surface area contributed by atoms with Crippen molar-refractivity contribution < 1.29 is 18.0 Å². The fourth-order valence-corrected chi connectivity index (χ4v) is 3.11. The summed E-state index contributed by atoms with van der Waals surface area (Å²) in [5.74, 6) is -3.07. The Bertz CT molecular complexity index is 405. The quantitative estimate of drug-likeness (QED) is 0.799. The van der Waals surface area contributed by atoms with Gasteiger partial charge in [-0.2, -0.15) is 18.4 Å². The number of alkyl halides is 3. The molecule has 7 heteroatoms.